The number of carbonyl (C=O) groups excluding carboxylic acids is 2. The van der Waals surface area contributed by atoms with E-state index in [4.69, 9.17) is 11.6 Å². The van der Waals surface area contributed by atoms with Crippen LogP contribution in [0.15, 0.2) is 83.9 Å². The summed E-state index contributed by atoms with van der Waals surface area (Å²) in [5.74, 6) is -0.984. The Hall–Kier alpha value is -5.29. The molecule has 5 aromatic rings. The zero-order chi connectivity index (χ0) is 28.5. The van der Waals surface area contributed by atoms with Crippen LogP contribution in [-0.4, -0.2) is 53.6 Å². The Morgan fingerprint density at radius 2 is 1.95 bits per heavy atom. The number of halogens is 1. The van der Waals surface area contributed by atoms with Gasteiger partial charge >= 0.3 is 0 Å². The molecule has 0 fully saturated rings. The molecule has 1 unspecified atom stereocenters. The van der Waals surface area contributed by atoms with Crippen molar-refractivity contribution in [2.75, 3.05) is 11.9 Å². The third kappa shape index (κ3) is 5.18. The summed E-state index contributed by atoms with van der Waals surface area (Å²) >= 11 is 6.22. The van der Waals surface area contributed by atoms with E-state index < -0.39 is 17.5 Å². The number of benzene rings is 3. The van der Waals surface area contributed by atoms with Crippen molar-refractivity contribution in [3.05, 3.63) is 111 Å². The number of aromatic nitrogens is 5. The quantitative estimate of drug-likeness (QED) is 0.275. The summed E-state index contributed by atoms with van der Waals surface area (Å²) in [5, 5.41) is 25.2. The molecule has 204 valence electrons. The number of pyridine rings is 1. The molecule has 0 spiro atoms. The first-order valence-corrected chi connectivity index (χ1v) is 13.0. The van der Waals surface area contributed by atoms with E-state index in [9.17, 15) is 19.5 Å². The van der Waals surface area contributed by atoms with Crippen molar-refractivity contribution < 1.29 is 14.7 Å². The molecule has 0 bridgehead atoms. The number of hydrogen-bond donors (Lipinski definition) is 3. The van der Waals surface area contributed by atoms with Gasteiger partial charge in [-0.3, -0.25) is 14.4 Å². The molecule has 1 aliphatic rings. The number of hydrogen-bond acceptors (Lipinski definition) is 7. The lowest BCUT2D eigenvalue weighted by Gasteiger charge is -2.35. The highest BCUT2D eigenvalue weighted by atomic mass is 35.5. The van der Waals surface area contributed by atoms with Crippen molar-refractivity contribution in [3.8, 4) is 11.4 Å². The molecule has 11 nitrogen and oxygen atoms in total. The molecule has 0 saturated carbocycles. The van der Waals surface area contributed by atoms with E-state index in [0.717, 1.165) is 17.2 Å². The molecule has 12 heteroatoms. The average Bonchev–Trinajstić information content (AvgIpc) is 3.50. The Morgan fingerprint density at radius 1 is 1.10 bits per heavy atom. The van der Waals surface area contributed by atoms with Crippen LogP contribution in [0.25, 0.3) is 22.7 Å². The monoisotopic (exact) mass is 567 g/mol. The van der Waals surface area contributed by atoms with Crippen molar-refractivity contribution >= 4 is 46.1 Å². The number of amides is 2. The molecule has 0 radical (unpaired) electrons. The Bertz CT molecular complexity index is 1880. The van der Waals surface area contributed by atoms with E-state index in [-0.39, 0.29) is 11.7 Å². The van der Waals surface area contributed by atoms with Crippen molar-refractivity contribution in [1.29, 1.82) is 0 Å². The number of fused-ring (bicyclic) bond motifs is 2. The summed E-state index contributed by atoms with van der Waals surface area (Å²) in [7, 11) is 0. The van der Waals surface area contributed by atoms with Gasteiger partial charge in [-0.25, -0.2) is 0 Å². The van der Waals surface area contributed by atoms with Gasteiger partial charge in [-0.05, 0) is 70.4 Å². The van der Waals surface area contributed by atoms with Crippen LogP contribution in [0.1, 0.15) is 22.7 Å². The van der Waals surface area contributed by atoms with Crippen LogP contribution in [0.2, 0.25) is 5.02 Å². The zero-order valence-electron chi connectivity index (χ0n) is 21.4. The van der Waals surface area contributed by atoms with Crippen molar-refractivity contribution in [2.24, 2.45) is 0 Å². The van der Waals surface area contributed by atoms with Gasteiger partial charge in [0.05, 0.1) is 11.2 Å². The Kier molecular flexibility index (Phi) is 6.78. The molecule has 1 atom stereocenters. The lowest BCUT2D eigenvalue weighted by Crippen LogP contribution is -2.44. The third-order valence-corrected chi connectivity index (χ3v) is 7.13. The molecule has 3 aromatic carbocycles. The summed E-state index contributed by atoms with van der Waals surface area (Å²) in [5.41, 5.74) is 3.35. The minimum absolute atomic E-state index is 0.202. The highest BCUT2D eigenvalue weighted by Crippen LogP contribution is 2.32. The minimum atomic E-state index is -0.907. The number of H-pyrrole nitrogens is 1. The molecular formula is C29H22ClN7O4. The SMILES string of the molecule is O=C(Nc1ccc2[nH]c(=O)cc(O)c2c1)C1c2ccccc2CCN1C(=O)C=Cc1cc(Cl)ccc1-n1cnnn1. The number of anilines is 1. The molecule has 0 saturated heterocycles. The van der Waals surface area contributed by atoms with Crippen LogP contribution in [-0.2, 0) is 16.0 Å². The van der Waals surface area contributed by atoms with Crippen molar-refractivity contribution in [1.82, 2.24) is 30.1 Å². The van der Waals surface area contributed by atoms with E-state index in [1.807, 2.05) is 24.3 Å². The Labute approximate surface area is 237 Å². The molecule has 2 aromatic heterocycles. The minimum Gasteiger partial charge on any atom is -0.507 e. The molecule has 41 heavy (non-hydrogen) atoms. The summed E-state index contributed by atoms with van der Waals surface area (Å²) < 4.78 is 1.46. The van der Waals surface area contributed by atoms with Crippen LogP contribution in [0.5, 0.6) is 5.75 Å². The van der Waals surface area contributed by atoms with Gasteiger partial charge in [0.2, 0.25) is 5.91 Å². The fourth-order valence-electron chi connectivity index (χ4n) is 5.01. The van der Waals surface area contributed by atoms with E-state index in [2.05, 4.69) is 25.8 Å². The number of carbonyl (C=O) groups is 2. The van der Waals surface area contributed by atoms with Gasteiger partial charge in [-0.2, -0.15) is 4.68 Å². The second-order valence-electron chi connectivity index (χ2n) is 9.44. The largest absolute Gasteiger partial charge is 0.507 e. The van der Waals surface area contributed by atoms with Gasteiger partial charge in [0.1, 0.15) is 18.1 Å². The van der Waals surface area contributed by atoms with E-state index in [1.165, 1.54) is 22.0 Å². The van der Waals surface area contributed by atoms with Crippen LogP contribution < -0.4 is 10.9 Å². The van der Waals surface area contributed by atoms with Crippen LogP contribution in [0.4, 0.5) is 5.69 Å². The lowest BCUT2D eigenvalue weighted by molar-refractivity contribution is -0.135. The summed E-state index contributed by atoms with van der Waals surface area (Å²) in [6, 6.07) is 17.6. The van der Waals surface area contributed by atoms with E-state index in [0.29, 0.717) is 45.8 Å². The lowest BCUT2D eigenvalue weighted by atomic mass is 9.91. The normalized spacial score (nSPS) is 14.8. The second-order valence-corrected chi connectivity index (χ2v) is 9.88. The highest BCUT2D eigenvalue weighted by Gasteiger charge is 2.35. The van der Waals surface area contributed by atoms with Gasteiger partial charge in [0, 0.05) is 40.3 Å². The van der Waals surface area contributed by atoms with Crippen LogP contribution in [0.3, 0.4) is 0 Å². The molecule has 3 heterocycles. The maximum atomic E-state index is 13.8. The van der Waals surface area contributed by atoms with Gasteiger partial charge in [-0.1, -0.05) is 35.9 Å². The molecule has 6 rings (SSSR count). The van der Waals surface area contributed by atoms with Crippen molar-refractivity contribution in [3.63, 3.8) is 0 Å². The molecule has 2 amide bonds. The zero-order valence-corrected chi connectivity index (χ0v) is 22.1. The highest BCUT2D eigenvalue weighted by molar-refractivity contribution is 6.30. The third-order valence-electron chi connectivity index (χ3n) is 6.89. The first kappa shape index (κ1) is 26.0. The molecule has 3 N–H and O–H groups in total. The van der Waals surface area contributed by atoms with E-state index in [1.54, 1.807) is 42.5 Å². The van der Waals surface area contributed by atoms with Crippen molar-refractivity contribution in [2.45, 2.75) is 12.5 Å². The number of nitrogens with one attached hydrogen (secondary N) is 2. The van der Waals surface area contributed by atoms with Crippen LogP contribution >= 0.6 is 11.6 Å². The maximum absolute atomic E-state index is 13.8. The number of aromatic hydroxyl groups is 1. The predicted octanol–water partition coefficient (Wildman–Crippen LogP) is 3.64. The summed E-state index contributed by atoms with van der Waals surface area (Å²) in [6.45, 7) is 0.327. The number of aromatic amines is 1. The molecule has 0 aliphatic carbocycles. The van der Waals surface area contributed by atoms with Gasteiger partial charge in [0.25, 0.3) is 11.5 Å². The standard InChI is InChI=1S/C29H22ClN7O4/c30-19-6-9-24(37-16-31-34-35-37)18(13-19)5-10-27(40)36-12-11-17-3-1-2-4-21(17)28(36)29(41)32-20-7-8-23-22(14-20)25(38)15-26(39)33-23/h1-10,13-16,28H,11-12H2,(H,32,41)(H2,33,38,39). The van der Waals surface area contributed by atoms with Gasteiger partial charge in [-0.15, -0.1) is 5.10 Å². The number of tetrazole rings is 1. The topological polar surface area (TPSA) is 146 Å². The first-order valence-electron chi connectivity index (χ1n) is 12.6. The fourth-order valence-corrected chi connectivity index (χ4v) is 5.19. The Balaban J connectivity index is 1.31. The number of nitrogens with zero attached hydrogens (tertiary/aromatic N) is 5. The average molecular weight is 568 g/mol. The second kappa shape index (κ2) is 10.7. The van der Waals surface area contributed by atoms with Gasteiger partial charge < -0.3 is 20.3 Å². The first-order chi connectivity index (χ1) is 19.9. The summed E-state index contributed by atoms with van der Waals surface area (Å²) in [4.78, 5) is 43.2. The molecular weight excluding hydrogens is 546 g/mol. The maximum Gasteiger partial charge on any atom is 0.252 e. The Morgan fingerprint density at radius 3 is 2.78 bits per heavy atom. The number of rotatable bonds is 5. The van der Waals surface area contributed by atoms with Crippen LogP contribution in [0, 0.1) is 0 Å². The fraction of sp³-hybridized carbons (Fsp3) is 0.103. The predicted molar refractivity (Wildman–Crippen MR) is 153 cm³/mol. The smallest absolute Gasteiger partial charge is 0.252 e. The van der Waals surface area contributed by atoms with E-state index >= 15 is 0 Å². The summed E-state index contributed by atoms with van der Waals surface area (Å²) in [6.07, 6.45) is 5.05. The molecule has 1 aliphatic heterocycles. The van der Waals surface area contributed by atoms with Gasteiger partial charge in [0.15, 0.2) is 0 Å².